The smallest absolute Gasteiger partial charge is 0.342 e. The summed E-state index contributed by atoms with van der Waals surface area (Å²) in [7, 11) is 0. The summed E-state index contributed by atoms with van der Waals surface area (Å²) in [6, 6.07) is 0. The van der Waals surface area contributed by atoms with E-state index in [1.807, 2.05) is 0 Å². The minimum absolute atomic E-state index is 0.0744. The fraction of sp³-hybridized carbons (Fsp3) is 0.600. The van der Waals surface area contributed by atoms with Crippen LogP contribution < -0.4 is 0 Å². The lowest BCUT2D eigenvalue weighted by molar-refractivity contribution is -0.174. The minimum atomic E-state index is -0.732. The van der Waals surface area contributed by atoms with Crippen LogP contribution in [0.15, 0.2) is 0 Å². The quantitative estimate of drug-likeness (QED) is 0.464. The van der Waals surface area contributed by atoms with Crippen LogP contribution in [-0.2, 0) is 19.2 Å². The van der Waals surface area contributed by atoms with Gasteiger partial charge in [0.05, 0.1) is 0 Å². The van der Waals surface area contributed by atoms with Crippen LogP contribution >= 0.6 is 0 Å². The SMILES string of the molecule is O=CN1CCN(C(=O)ON2C(=O)CCC2=O)CC1. The molecule has 0 aliphatic carbocycles. The number of amides is 4. The van der Waals surface area contributed by atoms with Crippen LogP contribution in [-0.4, -0.2) is 65.4 Å². The van der Waals surface area contributed by atoms with Crippen LogP contribution in [0, 0.1) is 0 Å². The first-order valence-electron chi connectivity index (χ1n) is 5.64. The average Bonchev–Trinajstić information content (AvgIpc) is 2.70. The predicted molar refractivity (Wildman–Crippen MR) is 56.8 cm³/mol. The Morgan fingerprint density at radius 3 is 2.11 bits per heavy atom. The van der Waals surface area contributed by atoms with Gasteiger partial charge in [0.1, 0.15) is 0 Å². The molecule has 2 rings (SSSR count). The summed E-state index contributed by atoms with van der Waals surface area (Å²) in [5.41, 5.74) is 0. The molecule has 18 heavy (non-hydrogen) atoms. The first kappa shape index (κ1) is 12.3. The summed E-state index contributed by atoms with van der Waals surface area (Å²) in [6.45, 7) is 1.49. The van der Waals surface area contributed by atoms with Crippen molar-refractivity contribution in [3.8, 4) is 0 Å². The Bertz CT molecular complexity index is 373. The molecule has 0 unspecified atom stereocenters. The molecule has 0 saturated carbocycles. The maximum atomic E-state index is 11.7. The Morgan fingerprint density at radius 1 is 1.06 bits per heavy atom. The van der Waals surface area contributed by atoms with Gasteiger partial charge in [0.15, 0.2) is 0 Å². The number of imide groups is 1. The lowest BCUT2D eigenvalue weighted by Gasteiger charge is -2.32. The van der Waals surface area contributed by atoms with Crippen molar-refractivity contribution in [3.63, 3.8) is 0 Å². The summed E-state index contributed by atoms with van der Waals surface area (Å²) >= 11 is 0. The molecular weight excluding hydrogens is 242 g/mol. The molecule has 0 atom stereocenters. The molecule has 98 valence electrons. The molecule has 0 aromatic carbocycles. The number of carbonyl (C=O) groups is 4. The van der Waals surface area contributed by atoms with Crippen LogP contribution in [0.4, 0.5) is 4.79 Å². The van der Waals surface area contributed by atoms with Crippen LogP contribution in [0.2, 0.25) is 0 Å². The Kier molecular flexibility index (Phi) is 3.45. The number of carbonyl (C=O) groups excluding carboxylic acids is 4. The highest BCUT2D eigenvalue weighted by molar-refractivity contribution is 6.01. The lowest BCUT2D eigenvalue weighted by atomic mass is 10.3. The van der Waals surface area contributed by atoms with E-state index in [1.165, 1.54) is 9.80 Å². The normalized spacial score (nSPS) is 20.3. The van der Waals surface area contributed by atoms with E-state index >= 15 is 0 Å². The second-order valence-electron chi connectivity index (χ2n) is 4.07. The number of piperazine rings is 1. The van der Waals surface area contributed by atoms with E-state index in [-0.39, 0.29) is 12.8 Å². The first-order chi connectivity index (χ1) is 8.61. The van der Waals surface area contributed by atoms with Gasteiger partial charge in [-0.1, -0.05) is 0 Å². The Balaban J connectivity index is 1.87. The molecule has 8 nitrogen and oxygen atoms in total. The van der Waals surface area contributed by atoms with Crippen molar-refractivity contribution in [2.45, 2.75) is 12.8 Å². The Labute approximate surface area is 103 Å². The Hall–Kier alpha value is -2.12. The molecule has 0 bridgehead atoms. The molecule has 0 radical (unpaired) electrons. The van der Waals surface area contributed by atoms with Crippen LogP contribution in [0.1, 0.15) is 12.8 Å². The lowest BCUT2D eigenvalue weighted by Crippen LogP contribution is -2.50. The van der Waals surface area contributed by atoms with Crippen molar-refractivity contribution >= 4 is 24.3 Å². The maximum Gasteiger partial charge on any atom is 0.434 e. The maximum absolute atomic E-state index is 11.7. The molecule has 0 spiro atoms. The molecular formula is C10H13N3O5. The summed E-state index contributed by atoms with van der Waals surface area (Å²) in [5, 5.41) is 0.522. The van der Waals surface area contributed by atoms with Gasteiger partial charge in [-0.25, -0.2) is 4.79 Å². The third-order valence-corrected chi connectivity index (χ3v) is 2.90. The summed E-state index contributed by atoms with van der Waals surface area (Å²) in [5.74, 6) is -1.00. The molecule has 0 aromatic rings. The zero-order valence-electron chi connectivity index (χ0n) is 9.70. The van der Waals surface area contributed by atoms with Crippen molar-refractivity contribution in [3.05, 3.63) is 0 Å². The molecule has 0 N–H and O–H groups in total. The number of nitrogens with zero attached hydrogens (tertiary/aromatic N) is 3. The van der Waals surface area contributed by atoms with Gasteiger partial charge in [0.25, 0.3) is 11.8 Å². The monoisotopic (exact) mass is 255 g/mol. The van der Waals surface area contributed by atoms with Gasteiger partial charge >= 0.3 is 6.09 Å². The van der Waals surface area contributed by atoms with E-state index in [0.717, 1.165) is 6.41 Å². The molecule has 2 aliphatic heterocycles. The second-order valence-corrected chi connectivity index (χ2v) is 4.07. The number of rotatable bonds is 2. The van der Waals surface area contributed by atoms with Gasteiger partial charge in [-0.05, 0) is 0 Å². The number of hydrogen-bond donors (Lipinski definition) is 0. The van der Waals surface area contributed by atoms with E-state index in [4.69, 9.17) is 4.84 Å². The van der Waals surface area contributed by atoms with Gasteiger partial charge in [-0.15, -0.1) is 5.06 Å². The molecule has 2 saturated heterocycles. The van der Waals surface area contributed by atoms with Gasteiger partial charge in [-0.3, -0.25) is 14.4 Å². The van der Waals surface area contributed by atoms with Gasteiger partial charge in [-0.2, -0.15) is 0 Å². The average molecular weight is 255 g/mol. The van der Waals surface area contributed by atoms with E-state index in [1.54, 1.807) is 0 Å². The third-order valence-electron chi connectivity index (χ3n) is 2.90. The van der Waals surface area contributed by atoms with Crippen molar-refractivity contribution in [1.82, 2.24) is 14.9 Å². The van der Waals surface area contributed by atoms with E-state index < -0.39 is 17.9 Å². The van der Waals surface area contributed by atoms with Crippen molar-refractivity contribution in [2.75, 3.05) is 26.2 Å². The molecule has 2 heterocycles. The molecule has 2 aliphatic rings. The standard InChI is InChI=1S/C10H13N3O5/c14-7-11-3-5-12(6-4-11)10(17)18-13-8(15)1-2-9(13)16/h7H,1-6H2. The molecule has 4 amide bonds. The van der Waals surface area contributed by atoms with Crippen molar-refractivity contribution in [1.29, 1.82) is 0 Å². The second kappa shape index (κ2) is 5.03. The number of hydrogen-bond acceptors (Lipinski definition) is 5. The predicted octanol–water partition coefficient (Wildman–Crippen LogP) is -1.04. The van der Waals surface area contributed by atoms with E-state index in [0.29, 0.717) is 31.2 Å². The van der Waals surface area contributed by atoms with Crippen LogP contribution in [0.25, 0.3) is 0 Å². The van der Waals surface area contributed by atoms with Gasteiger partial charge < -0.3 is 14.6 Å². The van der Waals surface area contributed by atoms with Crippen molar-refractivity contribution < 1.29 is 24.0 Å². The molecule has 0 aromatic heterocycles. The van der Waals surface area contributed by atoms with E-state index in [9.17, 15) is 19.2 Å². The Morgan fingerprint density at radius 2 is 1.61 bits per heavy atom. The minimum Gasteiger partial charge on any atom is -0.342 e. The fourth-order valence-corrected chi connectivity index (χ4v) is 1.80. The highest BCUT2D eigenvalue weighted by atomic mass is 16.7. The summed E-state index contributed by atoms with van der Waals surface area (Å²) in [6.07, 6.45) is 0.135. The summed E-state index contributed by atoms with van der Waals surface area (Å²) in [4.78, 5) is 52.4. The third kappa shape index (κ3) is 2.41. The topological polar surface area (TPSA) is 87.2 Å². The fourth-order valence-electron chi connectivity index (χ4n) is 1.80. The van der Waals surface area contributed by atoms with Crippen LogP contribution in [0.5, 0.6) is 0 Å². The molecule has 8 heteroatoms. The highest BCUT2D eigenvalue weighted by Crippen LogP contribution is 2.13. The summed E-state index contributed by atoms with van der Waals surface area (Å²) < 4.78 is 0. The zero-order chi connectivity index (χ0) is 13.1. The first-order valence-corrected chi connectivity index (χ1v) is 5.64. The largest absolute Gasteiger partial charge is 0.434 e. The van der Waals surface area contributed by atoms with Crippen molar-refractivity contribution in [2.24, 2.45) is 0 Å². The van der Waals surface area contributed by atoms with E-state index in [2.05, 4.69) is 0 Å². The van der Waals surface area contributed by atoms with Crippen LogP contribution in [0.3, 0.4) is 0 Å². The zero-order valence-corrected chi connectivity index (χ0v) is 9.70. The number of hydroxylamine groups is 2. The molecule has 2 fully saturated rings. The highest BCUT2D eigenvalue weighted by Gasteiger charge is 2.34. The van der Waals surface area contributed by atoms with Gasteiger partial charge in [0, 0.05) is 39.0 Å². The van der Waals surface area contributed by atoms with Gasteiger partial charge in [0.2, 0.25) is 6.41 Å².